The molecule has 1 fully saturated rings. The summed E-state index contributed by atoms with van der Waals surface area (Å²) in [6, 6.07) is 0. The average Bonchev–Trinajstić information content (AvgIpc) is 1.62. The number of methoxy groups -OCH3 is 1. The molecular formula is C5H8O2S. The zero-order valence-electron chi connectivity index (χ0n) is 4.72. The molecule has 0 atom stereocenters. The third kappa shape index (κ3) is 0.968. The third-order valence-corrected chi connectivity index (χ3v) is 2.45. The smallest absolute Gasteiger partial charge is 0.310 e. The van der Waals surface area contributed by atoms with Crippen LogP contribution in [0.2, 0.25) is 0 Å². The van der Waals surface area contributed by atoms with Gasteiger partial charge in [0.25, 0.3) is 0 Å². The molecule has 0 amide bonds. The highest BCUT2D eigenvalue weighted by Crippen LogP contribution is 2.24. The predicted octanol–water partition coefficient (Wildman–Crippen LogP) is 0.522. The zero-order valence-corrected chi connectivity index (χ0v) is 5.53. The van der Waals surface area contributed by atoms with E-state index in [1.807, 2.05) is 0 Å². The quantitative estimate of drug-likeness (QED) is 0.487. The Morgan fingerprint density at radius 3 is 2.50 bits per heavy atom. The lowest BCUT2D eigenvalue weighted by Crippen LogP contribution is -2.28. The summed E-state index contributed by atoms with van der Waals surface area (Å²) in [6.45, 7) is 0. The fourth-order valence-electron chi connectivity index (χ4n) is 0.538. The van der Waals surface area contributed by atoms with E-state index in [9.17, 15) is 4.79 Å². The van der Waals surface area contributed by atoms with Crippen LogP contribution >= 0.6 is 11.8 Å². The minimum Gasteiger partial charge on any atom is -0.469 e. The molecule has 8 heavy (non-hydrogen) atoms. The SMILES string of the molecule is COC(=O)C1CSC1. The largest absolute Gasteiger partial charge is 0.469 e. The van der Waals surface area contributed by atoms with Gasteiger partial charge in [-0.1, -0.05) is 0 Å². The highest BCUT2D eigenvalue weighted by atomic mass is 32.2. The van der Waals surface area contributed by atoms with Crippen molar-refractivity contribution in [2.24, 2.45) is 5.92 Å². The maximum Gasteiger partial charge on any atom is 0.310 e. The molecule has 0 aromatic rings. The van der Waals surface area contributed by atoms with E-state index in [1.54, 1.807) is 11.8 Å². The van der Waals surface area contributed by atoms with E-state index in [4.69, 9.17) is 0 Å². The molecule has 1 saturated heterocycles. The van der Waals surface area contributed by atoms with Crippen molar-refractivity contribution in [1.29, 1.82) is 0 Å². The van der Waals surface area contributed by atoms with Gasteiger partial charge in [-0.05, 0) is 0 Å². The Morgan fingerprint density at radius 2 is 2.38 bits per heavy atom. The number of carbonyl (C=O) groups is 1. The average molecular weight is 132 g/mol. The van der Waals surface area contributed by atoms with Gasteiger partial charge in [0.05, 0.1) is 13.0 Å². The Morgan fingerprint density at radius 1 is 1.75 bits per heavy atom. The molecule has 3 heteroatoms. The van der Waals surface area contributed by atoms with Gasteiger partial charge < -0.3 is 4.74 Å². The highest BCUT2D eigenvalue weighted by molar-refractivity contribution is 8.00. The van der Waals surface area contributed by atoms with E-state index < -0.39 is 0 Å². The van der Waals surface area contributed by atoms with Gasteiger partial charge in [-0.2, -0.15) is 11.8 Å². The molecule has 0 spiro atoms. The van der Waals surface area contributed by atoms with E-state index in [2.05, 4.69) is 4.74 Å². The zero-order chi connectivity index (χ0) is 5.98. The monoisotopic (exact) mass is 132 g/mol. The maximum atomic E-state index is 10.6. The van der Waals surface area contributed by atoms with Crippen molar-refractivity contribution in [3.8, 4) is 0 Å². The van der Waals surface area contributed by atoms with Crippen LogP contribution in [0.15, 0.2) is 0 Å². The molecule has 1 heterocycles. The van der Waals surface area contributed by atoms with Crippen LogP contribution in [0.25, 0.3) is 0 Å². The second kappa shape index (κ2) is 2.40. The number of hydrogen-bond donors (Lipinski definition) is 0. The minimum atomic E-state index is -0.0521. The molecule has 0 unspecified atom stereocenters. The molecule has 0 saturated carbocycles. The summed E-state index contributed by atoms with van der Waals surface area (Å²) in [6.07, 6.45) is 0. The van der Waals surface area contributed by atoms with Crippen LogP contribution < -0.4 is 0 Å². The van der Waals surface area contributed by atoms with E-state index in [0.717, 1.165) is 11.5 Å². The van der Waals surface area contributed by atoms with E-state index in [-0.39, 0.29) is 11.9 Å². The van der Waals surface area contributed by atoms with Gasteiger partial charge in [-0.25, -0.2) is 0 Å². The van der Waals surface area contributed by atoms with Crippen molar-refractivity contribution in [3.63, 3.8) is 0 Å². The van der Waals surface area contributed by atoms with E-state index >= 15 is 0 Å². The minimum absolute atomic E-state index is 0.0521. The second-order valence-corrected chi connectivity index (χ2v) is 2.83. The summed E-state index contributed by atoms with van der Waals surface area (Å²) < 4.78 is 4.50. The fourth-order valence-corrected chi connectivity index (χ4v) is 1.28. The summed E-state index contributed by atoms with van der Waals surface area (Å²) in [5, 5.41) is 0. The van der Waals surface area contributed by atoms with Gasteiger partial charge in [-0.3, -0.25) is 4.79 Å². The van der Waals surface area contributed by atoms with Crippen molar-refractivity contribution in [3.05, 3.63) is 0 Å². The molecule has 2 nitrogen and oxygen atoms in total. The predicted molar refractivity (Wildman–Crippen MR) is 32.8 cm³/mol. The van der Waals surface area contributed by atoms with Crippen LogP contribution in [0.1, 0.15) is 0 Å². The van der Waals surface area contributed by atoms with Gasteiger partial charge in [0, 0.05) is 11.5 Å². The lowest BCUT2D eigenvalue weighted by Gasteiger charge is -2.21. The summed E-state index contributed by atoms with van der Waals surface area (Å²) in [5.41, 5.74) is 0. The number of ether oxygens (including phenoxy) is 1. The molecule has 0 bridgehead atoms. The molecule has 1 aliphatic heterocycles. The van der Waals surface area contributed by atoms with Crippen molar-refractivity contribution in [1.82, 2.24) is 0 Å². The van der Waals surface area contributed by atoms with Crippen LogP contribution in [0.4, 0.5) is 0 Å². The van der Waals surface area contributed by atoms with Crippen LogP contribution in [0.5, 0.6) is 0 Å². The molecule has 1 rings (SSSR count). The van der Waals surface area contributed by atoms with Gasteiger partial charge in [-0.15, -0.1) is 0 Å². The molecule has 1 aliphatic rings. The van der Waals surface area contributed by atoms with Crippen LogP contribution in [-0.2, 0) is 9.53 Å². The Balaban J connectivity index is 2.24. The Labute approximate surface area is 52.6 Å². The van der Waals surface area contributed by atoms with Crippen LogP contribution in [0, 0.1) is 5.92 Å². The maximum absolute atomic E-state index is 10.6. The molecule has 46 valence electrons. The topological polar surface area (TPSA) is 26.3 Å². The first-order valence-electron chi connectivity index (χ1n) is 2.50. The second-order valence-electron chi connectivity index (χ2n) is 1.76. The highest BCUT2D eigenvalue weighted by Gasteiger charge is 2.26. The van der Waals surface area contributed by atoms with Crippen molar-refractivity contribution in [2.45, 2.75) is 0 Å². The van der Waals surface area contributed by atoms with Crippen LogP contribution in [0.3, 0.4) is 0 Å². The van der Waals surface area contributed by atoms with Gasteiger partial charge in [0.2, 0.25) is 0 Å². The Hall–Kier alpha value is -0.180. The normalized spacial score (nSPS) is 19.6. The molecule has 0 aliphatic carbocycles. The van der Waals surface area contributed by atoms with Crippen molar-refractivity contribution in [2.75, 3.05) is 18.6 Å². The summed E-state index contributed by atoms with van der Waals surface area (Å²) in [4.78, 5) is 10.6. The van der Waals surface area contributed by atoms with Gasteiger partial charge >= 0.3 is 5.97 Å². The van der Waals surface area contributed by atoms with Crippen molar-refractivity contribution >= 4 is 17.7 Å². The number of esters is 1. The molecule has 0 aromatic heterocycles. The molecule has 0 radical (unpaired) electrons. The van der Waals surface area contributed by atoms with E-state index in [0.29, 0.717) is 0 Å². The van der Waals surface area contributed by atoms with Crippen molar-refractivity contribution < 1.29 is 9.53 Å². The first kappa shape index (κ1) is 5.95. The summed E-state index contributed by atoms with van der Waals surface area (Å²) in [7, 11) is 1.44. The van der Waals surface area contributed by atoms with Gasteiger partial charge in [0.15, 0.2) is 0 Å². The van der Waals surface area contributed by atoms with E-state index in [1.165, 1.54) is 7.11 Å². The number of hydrogen-bond acceptors (Lipinski definition) is 3. The standard InChI is InChI=1S/C5H8O2S/c1-7-5(6)4-2-8-3-4/h4H,2-3H2,1H3. The Bertz CT molecular complexity index is 98.6. The number of carbonyl (C=O) groups excluding carboxylic acids is 1. The first-order valence-corrected chi connectivity index (χ1v) is 3.65. The molecular weight excluding hydrogens is 124 g/mol. The lowest BCUT2D eigenvalue weighted by atomic mass is 10.2. The summed E-state index contributed by atoms with van der Waals surface area (Å²) >= 11 is 1.79. The number of thioether (sulfide) groups is 1. The number of rotatable bonds is 1. The molecule has 0 N–H and O–H groups in total. The Kier molecular flexibility index (Phi) is 1.78. The lowest BCUT2D eigenvalue weighted by molar-refractivity contribution is -0.144. The summed E-state index contributed by atoms with van der Waals surface area (Å²) in [5.74, 6) is 2.05. The van der Waals surface area contributed by atoms with Crippen LogP contribution in [-0.4, -0.2) is 24.6 Å². The third-order valence-electron chi connectivity index (χ3n) is 1.17. The van der Waals surface area contributed by atoms with Gasteiger partial charge in [0.1, 0.15) is 0 Å². The molecule has 0 aromatic carbocycles. The fraction of sp³-hybridized carbons (Fsp3) is 0.800. The first-order chi connectivity index (χ1) is 3.84.